The molecular formula is C23H28N4O2. The first-order valence-electron chi connectivity index (χ1n) is 10.2. The zero-order valence-electron chi connectivity index (χ0n) is 17.3. The minimum absolute atomic E-state index is 0.203. The average Bonchev–Trinajstić information content (AvgIpc) is 3.25. The van der Waals surface area contributed by atoms with Crippen molar-refractivity contribution in [2.75, 3.05) is 31.1 Å². The van der Waals surface area contributed by atoms with E-state index in [1.165, 1.54) is 0 Å². The number of aromatic nitrogens is 2. The van der Waals surface area contributed by atoms with E-state index >= 15 is 0 Å². The molecule has 3 heterocycles. The number of hydrogen-bond donors (Lipinski definition) is 0. The van der Waals surface area contributed by atoms with Crippen molar-refractivity contribution in [3.05, 3.63) is 54.0 Å². The van der Waals surface area contributed by atoms with Crippen molar-refractivity contribution < 1.29 is 9.53 Å². The van der Waals surface area contributed by atoms with Crippen molar-refractivity contribution in [2.45, 2.75) is 26.4 Å². The van der Waals surface area contributed by atoms with E-state index in [1.54, 1.807) is 6.20 Å². The number of nitrogens with zero attached hydrogens (tertiary/aromatic N) is 4. The van der Waals surface area contributed by atoms with Crippen LogP contribution in [0, 0.1) is 11.8 Å². The number of carbonyl (C=O) groups is 1. The largest absolute Gasteiger partial charge is 0.444 e. The second-order valence-electron chi connectivity index (χ2n) is 8.86. The van der Waals surface area contributed by atoms with Crippen LogP contribution in [0.25, 0.3) is 12.2 Å². The molecule has 2 unspecified atom stereocenters. The zero-order valence-corrected chi connectivity index (χ0v) is 17.3. The summed E-state index contributed by atoms with van der Waals surface area (Å²) in [5, 5.41) is 0. The van der Waals surface area contributed by atoms with Gasteiger partial charge in [-0.1, -0.05) is 36.4 Å². The van der Waals surface area contributed by atoms with E-state index in [4.69, 9.17) is 9.72 Å². The molecule has 2 saturated heterocycles. The van der Waals surface area contributed by atoms with Gasteiger partial charge >= 0.3 is 6.09 Å². The molecule has 29 heavy (non-hydrogen) atoms. The van der Waals surface area contributed by atoms with E-state index in [1.807, 2.05) is 62.2 Å². The summed E-state index contributed by atoms with van der Waals surface area (Å²) >= 11 is 0. The lowest BCUT2D eigenvalue weighted by molar-refractivity contribution is 0.0282. The van der Waals surface area contributed by atoms with Crippen molar-refractivity contribution in [3.63, 3.8) is 0 Å². The number of ether oxygens (including phenoxy) is 1. The van der Waals surface area contributed by atoms with Crippen molar-refractivity contribution >= 4 is 24.1 Å². The Kier molecular flexibility index (Phi) is 5.26. The lowest BCUT2D eigenvalue weighted by Gasteiger charge is -2.26. The van der Waals surface area contributed by atoms with Gasteiger partial charge in [0.25, 0.3) is 0 Å². The number of likely N-dealkylation sites (tertiary alicyclic amines) is 1. The summed E-state index contributed by atoms with van der Waals surface area (Å²) < 4.78 is 5.52. The van der Waals surface area contributed by atoms with Gasteiger partial charge in [0.1, 0.15) is 11.4 Å². The maximum atomic E-state index is 12.3. The number of rotatable bonds is 3. The fourth-order valence-corrected chi connectivity index (χ4v) is 4.00. The molecule has 2 aliphatic heterocycles. The Bertz CT molecular complexity index is 877. The van der Waals surface area contributed by atoms with Crippen molar-refractivity contribution in [2.24, 2.45) is 11.8 Å². The standard InChI is InChI=1S/C23H28N4O2/c1-23(2,3)29-22(28)27-15-18-13-26(14-19(18)16-27)21-12-24-11-20(25-21)10-9-17-7-5-4-6-8-17/h4-12,18-19H,13-16H2,1-3H3. The number of amides is 1. The Hall–Kier alpha value is -2.89. The molecule has 0 bridgehead atoms. The maximum absolute atomic E-state index is 12.3. The molecule has 0 radical (unpaired) electrons. The molecule has 0 N–H and O–H groups in total. The van der Waals surface area contributed by atoms with Gasteiger partial charge in [-0.25, -0.2) is 9.78 Å². The number of fused-ring (bicyclic) bond motifs is 1. The van der Waals surface area contributed by atoms with Gasteiger partial charge in [0.05, 0.1) is 18.1 Å². The van der Waals surface area contributed by atoms with Crippen molar-refractivity contribution in [1.29, 1.82) is 0 Å². The highest BCUT2D eigenvalue weighted by atomic mass is 16.6. The fraction of sp³-hybridized carbons (Fsp3) is 0.435. The predicted octanol–water partition coefficient (Wildman–Crippen LogP) is 3.95. The van der Waals surface area contributed by atoms with Gasteiger partial charge in [0.2, 0.25) is 0 Å². The summed E-state index contributed by atoms with van der Waals surface area (Å²) in [4.78, 5) is 25.6. The molecule has 2 atom stereocenters. The average molecular weight is 393 g/mol. The first kappa shape index (κ1) is 19.4. The SMILES string of the molecule is CC(C)(C)OC(=O)N1CC2CN(c3cncc(C=Cc4ccccc4)n3)CC2C1. The third kappa shape index (κ3) is 4.75. The van der Waals surface area contributed by atoms with Gasteiger partial charge in [0.15, 0.2) is 0 Å². The summed E-state index contributed by atoms with van der Waals surface area (Å²) in [5.41, 5.74) is 1.53. The molecular weight excluding hydrogens is 364 g/mol. The van der Waals surface area contributed by atoms with E-state index in [0.29, 0.717) is 11.8 Å². The molecule has 6 heteroatoms. The summed E-state index contributed by atoms with van der Waals surface area (Å²) in [6, 6.07) is 10.2. The number of carbonyl (C=O) groups excluding carboxylic acids is 1. The molecule has 2 aromatic rings. The highest BCUT2D eigenvalue weighted by Crippen LogP contribution is 2.33. The topological polar surface area (TPSA) is 58.6 Å². The Morgan fingerprint density at radius 2 is 1.72 bits per heavy atom. The number of hydrogen-bond acceptors (Lipinski definition) is 5. The van der Waals surface area contributed by atoms with Crippen LogP contribution >= 0.6 is 0 Å². The second-order valence-corrected chi connectivity index (χ2v) is 8.86. The fourth-order valence-electron chi connectivity index (χ4n) is 4.00. The Labute approximate surface area is 172 Å². The Morgan fingerprint density at radius 3 is 2.38 bits per heavy atom. The lowest BCUT2D eigenvalue weighted by atomic mass is 10.0. The van der Waals surface area contributed by atoms with Crippen LogP contribution in [0.2, 0.25) is 0 Å². The maximum Gasteiger partial charge on any atom is 0.410 e. The number of anilines is 1. The molecule has 1 aromatic carbocycles. The van der Waals surface area contributed by atoms with Crippen LogP contribution in [0.15, 0.2) is 42.7 Å². The molecule has 4 rings (SSSR count). The van der Waals surface area contributed by atoms with Gasteiger partial charge in [0, 0.05) is 38.0 Å². The van der Waals surface area contributed by atoms with E-state index < -0.39 is 5.60 Å². The first-order chi connectivity index (χ1) is 13.9. The van der Waals surface area contributed by atoms with Crippen LogP contribution in [0.5, 0.6) is 0 Å². The minimum atomic E-state index is -0.454. The molecule has 152 valence electrons. The highest BCUT2D eigenvalue weighted by Gasteiger charge is 2.43. The molecule has 2 aliphatic rings. The van der Waals surface area contributed by atoms with Crippen molar-refractivity contribution in [1.82, 2.24) is 14.9 Å². The minimum Gasteiger partial charge on any atom is -0.444 e. The monoisotopic (exact) mass is 392 g/mol. The summed E-state index contributed by atoms with van der Waals surface area (Å²) in [6.45, 7) is 8.99. The van der Waals surface area contributed by atoms with Crippen LogP contribution in [-0.2, 0) is 4.74 Å². The summed E-state index contributed by atoms with van der Waals surface area (Å²) in [6.07, 6.45) is 7.45. The molecule has 2 fully saturated rings. The molecule has 0 aliphatic carbocycles. The van der Waals surface area contributed by atoms with Crippen LogP contribution in [0.1, 0.15) is 32.0 Å². The van der Waals surface area contributed by atoms with E-state index in [2.05, 4.69) is 22.0 Å². The molecule has 0 spiro atoms. The third-order valence-corrected chi connectivity index (χ3v) is 5.35. The number of benzene rings is 1. The van der Waals surface area contributed by atoms with Crippen molar-refractivity contribution in [3.8, 4) is 0 Å². The normalized spacial score (nSPS) is 21.6. The van der Waals surface area contributed by atoms with Crippen LogP contribution in [-0.4, -0.2) is 52.7 Å². The Morgan fingerprint density at radius 1 is 1.03 bits per heavy atom. The highest BCUT2D eigenvalue weighted by molar-refractivity contribution is 5.69. The quantitative estimate of drug-likeness (QED) is 0.792. The van der Waals surface area contributed by atoms with Gasteiger partial charge in [-0.3, -0.25) is 4.98 Å². The van der Waals surface area contributed by atoms with Gasteiger partial charge in [-0.2, -0.15) is 0 Å². The molecule has 1 aromatic heterocycles. The third-order valence-electron chi connectivity index (χ3n) is 5.35. The molecule has 1 amide bonds. The van der Waals surface area contributed by atoms with Crippen LogP contribution in [0.3, 0.4) is 0 Å². The van der Waals surface area contributed by atoms with E-state index in [9.17, 15) is 4.79 Å². The Balaban J connectivity index is 1.37. The van der Waals surface area contributed by atoms with E-state index in [0.717, 1.165) is 43.3 Å². The van der Waals surface area contributed by atoms with Gasteiger partial charge in [-0.15, -0.1) is 0 Å². The van der Waals surface area contributed by atoms with Gasteiger partial charge < -0.3 is 14.5 Å². The second kappa shape index (κ2) is 7.85. The lowest BCUT2D eigenvalue weighted by Crippen LogP contribution is -2.37. The van der Waals surface area contributed by atoms with E-state index in [-0.39, 0.29) is 6.09 Å². The zero-order chi connectivity index (χ0) is 20.4. The molecule has 6 nitrogen and oxygen atoms in total. The van der Waals surface area contributed by atoms with Gasteiger partial charge in [-0.05, 0) is 32.4 Å². The molecule has 0 saturated carbocycles. The predicted molar refractivity (Wildman–Crippen MR) is 114 cm³/mol. The van der Waals surface area contributed by atoms with Crippen LogP contribution in [0.4, 0.5) is 10.6 Å². The smallest absolute Gasteiger partial charge is 0.410 e. The summed E-state index contributed by atoms with van der Waals surface area (Å²) in [7, 11) is 0. The van der Waals surface area contributed by atoms with Crippen LogP contribution < -0.4 is 4.90 Å². The first-order valence-corrected chi connectivity index (χ1v) is 10.2. The summed E-state index contributed by atoms with van der Waals surface area (Å²) in [5.74, 6) is 1.80.